The van der Waals surface area contributed by atoms with E-state index in [0.717, 1.165) is 12.1 Å². The highest BCUT2D eigenvalue weighted by atomic mass is 35.5. The van der Waals surface area contributed by atoms with Gasteiger partial charge in [0.2, 0.25) is 0 Å². The van der Waals surface area contributed by atoms with Crippen LogP contribution in [0, 0.1) is 19.7 Å². The first kappa shape index (κ1) is 14.7. The van der Waals surface area contributed by atoms with Crippen LogP contribution in [0.1, 0.15) is 16.7 Å². The van der Waals surface area contributed by atoms with Crippen LogP contribution in [0.25, 0.3) is 11.3 Å². The molecule has 0 aliphatic heterocycles. The third-order valence-electron chi connectivity index (χ3n) is 3.01. The lowest BCUT2D eigenvalue weighted by Gasteiger charge is -2.11. The van der Waals surface area contributed by atoms with E-state index < -0.39 is 17.6 Å². The van der Waals surface area contributed by atoms with Gasteiger partial charge in [0.15, 0.2) is 5.15 Å². The molecule has 2 nitrogen and oxygen atoms in total. The highest BCUT2D eigenvalue weighted by molar-refractivity contribution is 6.30. The van der Waals surface area contributed by atoms with Gasteiger partial charge in [-0.1, -0.05) is 17.7 Å². The van der Waals surface area contributed by atoms with Gasteiger partial charge in [-0.3, -0.25) is 0 Å². The molecule has 0 saturated carbocycles. The van der Waals surface area contributed by atoms with Crippen molar-refractivity contribution in [3.05, 3.63) is 45.9 Å². The Hall–Kier alpha value is -1.69. The molecule has 7 heteroatoms. The Morgan fingerprint density at radius 3 is 2.25 bits per heavy atom. The van der Waals surface area contributed by atoms with Crippen LogP contribution >= 0.6 is 11.6 Å². The van der Waals surface area contributed by atoms with Crippen molar-refractivity contribution in [3.8, 4) is 11.3 Å². The van der Waals surface area contributed by atoms with Crippen molar-refractivity contribution in [1.29, 1.82) is 0 Å². The molecule has 1 aromatic carbocycles. The molecule has 0 N–H and O–H groups in total. The summed E-state index contributed by atoms with van der Waals surface area (Å²) in [7, 11) is 0. The number of benzene rings is 1. The predicted molar refractivity (Wildman–Crippen MR) is 66.9 cm³/mol. The van der Waals surface area contributed by atoms with Crippen LogP contribution in [-0.4, -0.2) is 10.2 Å². The van der Waals surface area contributed by atoms with Crippen LogP contribution in [0.15, 0.2) is 18.2 Å². The van der Waals surface area contributed by atoms with E-state index in [9.17, 15) is 17.6 Å². The molecule has 1 aromatic heterocycles. The number of halogens is 5. The van der Waals surface area contributed by atoms with Crippen LogP contribution < -0.4 is 0 Å². The van der Waals surface area contributed by atoms with Crippen molar-refractivity contribution in [2.75, 3.05) is 0 Å². The average molecular weight is 305 g/mol. The van der Waals surface area contributed by atoms with Crippen LogP contribution in [0.4, 0.5) is 17.6 Å². The van der Waals surface area contributed by atoms with Crippen molar-refractivity contribution in [1.82, 2.24) is 10.2 Å². The molecule has 0 saturated heterocycles. The SMILES string of the molecule is Cc1c(Cl)nnc(-c2ccc(C(F)(F)F)c(F)c2)c1C. The van der Waals surface area contributed by atoms with Gasteiger partial charge in [-0.2, -0.15) is 13.2 Å². The topological polar surface area (TPSA) is 25.8 Å². The monoisotopic (exact) mass is 304 g/mol. The molecule has 0 atom stereocenters. The van der Waals surface area contributed by atoms with Gasteiger partial charge >= 0.3 is 6.18 Å². The second-order valence-corrected chi connectivity index (χ2v) is 4.64. The lowest BCUT2D eigenvalue weighted by Crippen LogP contribution is -2.08. The summed E-state index contributed by atoms with van der Waals surface area (Å²) in [5, 5.41) is 7.71. The first-order valence-corrected chi connectivity index (χ1v) is 5.96. The maximum Gasteiger partial charge on any atom is 0.419 e. The summed E-state index contributed by atoms with van der Waals surface area (Å²) in [6.07, 6.45) is -4.72. The third-order valence-corrected chi connectivity index (χ3v) is 3.37. The Morgan fingerprint density at radius 2 is 1.70 bits per heavy atom. The zero-order chi connectivity index (χ0) is 15.1. The van der Waals surface area contributed by atoms with Crippen LogP contribution in [0.5, 0.6) is 0 Å². The van der Waals surface area contributed by atoms with Crippen LogP contribution in [-0.2, 0) is 6.18 Å². The standard InChI is InChI=1S/C13H9ClF4N2/c1-6-7(2)12(14)20-19-11(6)8-3-4-9(10(15)5-8)13(16,17)18/h3-5H,1-2H3. The zero-order valence-corrected chi connectivity index (χ0v) is 11.3. The summed E-state index contributed by atoms with van der Waals surface area (Å²) in [5.41, 5.74) is 0.512. The Bertz CT molecular complexity index is 668. The maximum atomic E-state index is 13.5. The normalized spacial score (nSPS) is 11.8. The van der Waals surface area contributed by atoms with Crippen molar-refractivity contribution < 1.29 is 17.6 Å². The van der Waals surface area contributed by atoms with E-state index in [4.69, 9.17) is 11.6 Å². The Morgan fingerprint density at radius 1 is 1.05 bits per heavy atom. The van der Waals surface area contributed by atoms with E-state index in [2.05, 4.69) is 10.2 Å². The van der Waals surface area contributed by atoms with Crippen molar-refractivity contribution in [2.45, 2.75) is 20.0 Å². The number of aromatic nitrogens is 2. The number of hydrogen-bond donors (Lipinski definition) is 0. The summed E-state index contributed by atoms with van der Waals surface area (Å²) < 4.78 is 51.0. The fraction of sp³-hybridized carbons (Fsp3) is 0.231. The highest BCUT2D eigenvalue weighted by Gasteiger charge is 2.34. The van der Waals surface area contributed by atoms with Gasteiger partial charge in [0.25, 0.3) is 0 Å². The molecule has 106 valence electrons. The minimum Gasteiger partial charge on any atom is -0.206 e. The number of rotatable bonds is 1. The lowest BCUT2D eigenvalue weighted by molar-refractivity contribution is -0.139. The van der Waals surface area contributed by atoms with E-state index in [1.807, 2.05) is 0 Å². The fourth-order valence-corrected chi connectivity index (χ4v) is 1.92. The molecule has 0 aliphatic carbocycles. The predicted octanol–water partition coefficient (Wildman–Crippen LogP) is 4.57. The molecule has 0 fully saturated rings. The minimum atomic E-state index is -4.72. The zero-order valence-electron chi connectivity index (χ0n) is 10.5. The first-order chi connectivity index (χ1) is 9.21. The molecule has 0 spiro atoms. The van der Waals surface area contributed by atoms with Crippen molar-refractivity contribution in [3.63, 3.8) is 0 Å². The molecule has 2 aromatic rings. The summed E-state index contributed by atoms with van der Waals surface area (Å²) in [6, 6.07) is 2.65. The van der Waals surface area contributed by atoms with Crippen LogP contribution in [0.3, 0.4) is 0 Å². The van der Waals surface area contributed by atoms with Gasteiger partial charge in [-0.15, -0.1) is 10.2 Å². The fourth-order valence-electron chi connectivity index (χ4n) is 1.74. The van der Waals surface area contributed by atoms with Gasteiger partial charge < -0.3 is 0 Å². The van der Waals surface area contributed by atoms with Crippen LogP contribution in [0.2, 0.25) is 5.15 Å². The average Bonchev–Trinajstić information content (AvgIpc) is 2.34. The summed E-state index contributed by atoms with van der Waals surface area (Å²) in [4.78, 5) is 0. The highest BCUT2D eigenvalue weighted by Crippen LogP contribution is 2.34. The van der Waals surface area contributed by atoms with Crippen molar-refractivity contribution in [2.24, 2.45) is 0 Å². The molecule has 0 amide bonds. The molecule has 20 heavy (non-hydrogen) atoms. The molecule has 0 unspecified atom stereocenters. The van der Waals surface area contributed by atoms with Gasteiger partial charge in [0.1, 0.15) is 5.82 Å². The summed E-state index contributed by atoms with van der Waals surface area (Å²) >= 11 is 5.79. The molecule has 2 rings (SSSR count). The molecule has 0 bridgehead atoms. The number of alkyl halides is 3. The first-order valence-electron chi connectivity index (χ1n) is 5.58. The number of hydrogen-bond acceptors (Lipinski definition) is 2. The molecular weight excluding hydrogens is 296 g/mol. The summed E-state index contributed by atoms with van der Waals surface area (Å²) in [6.45, 7) is 3.40. The van der Waals surface area contributed by atoms with E-state index in [-0.39, 0.29) is 10.7 Å². The third kappa shape index (κ3) is 2.60. The summed E-state index contributed by atoms with van der Waals surface area (Å²) in [5.74, 6) is -1.34. The molecule has 1 heterocycles. The smallest absolute Gasteiger partial charge is 0.206 e. The Kier molecular flexibility index (Phi) is 3.69. The van der Waals surface area contributed by atoms with Gasteiger partial charge in [0.05, 0.1) is 11.3 Å². The van der Waals surface area contributed by atoms with Gasteiger partial charge in [-0.25, -0.2) is 4.39 Å². The molecule has 0 radical (unpaired) electrons. The Balaban J connectivity index is 2.56. The number of nitrogens with zero attached hydrogens (tertiary/aromatic N) is 2. The van der Waals surface area contributed by atoms with Crippen molar-refractivity contribution >= 4 is 11.6 Å². The van der Waals surface area contributed by atoms with E-state index >= 15 is 0 Å². The van der Waals surface area contributed by atoms with E-state index in [1.165, 1.54) is 0 Å². The maximum absolute atomic E-state index is 13.5. The van der Waals surface area contributed by atoms with Gasteiger partial charge in [0, 0.05) is 5.56 Å². The quantitative estimate of drug-likeness (QED) is 0.721. The van der Waals surface area contributed by atoms with E-state index in [1.54, 1.807) is 13.8 Å². The van der Waals surface area contributed by atoms with Gasteiger partial charge in [-0.05, 0) is 37.1 Å². The second-order valence-electron chi connectivity index (χ2n) is 4.28. The molecule has 0 aliphatic rings. The Labute approximate surface area is 117 Å². The minimum absolute atomic E-state index is 0.207. The second kappa shape index (κ2) is 5.01. The lowest BCUT2D eigenvalue weighted by atomic mass is 10.0. The largest absolute Gasteiger partial charge is 0.419 e. The molecular formula is C13H9ClF4N2. The van der Waals surface area contributed by atoms with E-state index in [0.29, 0.717) is 22.9 Å².